The highest BCUT2D eigenvalue weighted by atomic mass is 32.2. The van der Waals surface area contributed by atoms with Gasteiger partial charge in [0, 0.05) is 19.3 Å². The minimum Gasteiger partial charge on any atom is -0.495 e. The van der Waals surface area contributed by atoms with E-state index in [1.165, 1.54) is 25.7 Å². The molecule has 0 amide bonds. The van der Waals surface area contributed by atoms with Crippen LogP contribution in [0.3, 0.4) is 0 Å². The number of sulfonamides is 1. The first kappa shape index (κ1) is 13.2. The summed E-state index contributed by atoms with van der Waals surface area (Å²) in [6, 6.07) is 4.63. The van der Waals surface area contributed by atoms with E-state index in [1.807, 2.05) is 0 Å². The summed E-state index contributed by atoms with van der Waals surface area (Å²) in [7, 11) is -0.555. The molecule has 0 bridgehead atoms. The van der Waals surface area contributed by atoms with E-state index in [-0.39, 0.29) is 5.03 Å². The molecular weight excluding hydrogens is 268 g/mol. The van der Waals surface area contributed by atoms with Gasteiger partial charge < -0.3 is 15.0 Å². The first-order valence-corrected chi connectivity index (χ1v) is 6.85. The lowest BCUT2D eigenvalue weighted by Crippen LogP contribution is -2.13. The molecule has 2 rings (SSSR count). The molecule has 0 saturated heterocycles. The molecule has 0 radical (unpaired) electrons. The van der Waals surface area contributed by atoms with E-state index in [4.69, 9.17) is 10.5 Å². The first-order valence-electron chi connectivity index (χ1n) is 5.36. The third-order valence-electron chi connectivity index (χ3n) is 2.44. The Morgan fingerprint density at radius 3 is 2.74 bits per heavy atom. The van der Waals surface area contributed by atoms with Gasteiger partial charge in [-0.3, -0.25) is 4.72 Å². The van der Waals surface area contributed by atoms with Gasteiger partial charge in [0.1, 0.15) is 5.75 Å². The largest absolute Gasteiger partial charge is 0.495 e. The SMILES string of the molecule is COc1cc(NS(=O)(=O)c2cn(C)cn2)ccc1N. The lowest BCUT2D eigenvalue weighted by molar-refractivity contribution is 0.417. The van der Waals surface area contributed by atoms with Crippen LogP contribution >= 0.6 is 0 Å². The van der Waals surface area contributed by atoms with Gasteiger partial charge in [0.25, 0.3) is 10.0 Å². The van der Waals surface area contributed by atoms with Crippen LogP contribution in [0, 0.1) is 0 Å². The summed E-state index contributed by atoms with van der Waals surface area (Å²) < 4.78 is 33.1. The number of nitrogens with two attached hydrogens (primary N) is 1. The zero-order chi connectivity index (χ0) is 14.0. The van der Waals surface area contributed by atoms with Crippen LogP contribution < -0.4 is 15.2 Å². The van der Waals surface area contributed by atoms with Crippen LogP contribution in [0.15, 0.2) is 35.7 Å². The Hall–Kier alpha value is -2.22. The van der Waals surface area contributed by atoms with E-state index in [0.29, 0.717) is 17.1 Å². The van der Waals surface area contributed by atoms with E-state index in [0.717, 1.165) is 0 Å². The van der Waals surface area contributed by atoms with Crippen molar-refractivity contribution >= 4 is 21.4 Å². The number of nitrogens with one attached hydrogen (secondary N) is 1. The average molecular weight is 282 g/mol. The maximum atomic E-state index is 12.0. The molecule has 0 unspecified atom stereocenters. The summed E-state index contributed by atoms with van der Waals surface area (Å²) in [4.78, 5) is 3.80. The molecule has 8 heteroatoms. The highest BCUT2D eigenvalue weighted by molar-refractivity contribution is 7.92. The van der Waals surface area contributed by atoms with Crippen LogP contribution in [0.5, 0.6) is 5.75 Å². The molecular formula is C11H14N4O3S. The highest BCUT2D eigenvalue weighted by Gasteiger charge is 2.17. The second-order valence-corrected chi connectivity index (χ2v) is 5.57. The van der Waals surface area contributed by atoms with E-state index in [1.54, 1.807) is 23.7 Å². The van der Waals surface area contributed by atoms with Crippen molar-refractivity contribution < 1.29 is 13.2 Å². The maximum Gasteiger partial charge on any atom is 0.280 e. The number of aryl methyl sites for hydroxylation is 1. The van der Waals surface area contributed by atoms with Crippen molar-refractivity contribution in [1.29, 1.82) is 0 Å². The predicted molar refractivity (Wildman–Crippen MR) is 71.4 cm³/mol. The van der Waals surface area contributed by atoms with E-state index < -0.39 is 10.0 Å². The Bertz CT molecular complexity index is 694. The zero-order valence-electron chi connectivity index (χ0n) is 10.5. The van der Waals surface area contributed by atoms with Crippen molar-refractivity contribution in [1.82, 2.24) is 9.55 Å². The Kier molecular flexibility index (Phi) is 3.34. The number of ether oxygens (including phenoxy) is 1. The second-order valence-electron chi connectivity index (χ2n) is 3.94. The molecule has 19 heavy (non-hydrogen) atoms. The van der Waals surface area contributed by atoms with Gasteiger partial charge in [-0.1, -0.05) is 0 Å². The van der Waals surface area contributed by atoms with Crippen molar-refractivity contribution in [2.75, 3.05) is 17.6 Å². The number of imidazole rings is 1. The van der Waals surface area contributed by atoms with Gasteiger partial charge >= 0.3 is 0 Å². The van der Waals surface area contributed by atoms with Crippen LogP contribution in [-0.2, 0) is 17.1 Å². The lowest BCUT2D eigenvalue weighted by atomic mass is 10.3. The normalized spacial score (nSPS) is 11.3. The number of benzene rings is 1. The molecule has 0 fully saturated rings. The standard InChI is InChI=1S/C11H14N4O3S/c1-15-6-11(13-7-15)19(16,17)14-8-3-4-9(12)10(5-8)18-2/h3-7,14H,12H2,1-2H3. The fourth-order valence-electron chi connectivity index (χ4n) is 1.51. The van der Waals surface area contributed by atoms with E-state index >= 15 is 0 Å². The summed E-state index contributed by atoms with van der Waals surface area (Å²) in [6.07, 6.45) is 2.83. The monoisotopic (exact) mass is 282 g/mol. The molecule has 1 aromatic heterocycles. The second kappa shape index (κ2) is 4.81. The molecule has 2 aromatic rings. The topological polar surface area (TPSA) is 99.2 Å². The van der Waals surface area contributed by atoms with Crippen LogP contribution in [0.25, 0.3) is 0 Å². The molecule has 0 spiro atoms. The van der Waals surface area contributed by atoms with Crippen LogP contribution in [0.2, 0.25) is 0 Å². The molecule has 102 valence electrons. The molecule has 0 aliphatic heterocycles. The average Bonchev–Trinajstić information content (AvgIpc) is 2.79. The minimum absolute atomic E-state index is 0.0502. The molecule has 7 nitrogen and oxygen atoms in total. The summed E-state index contributed by atoms with van der Waals surface area (Å²) in [5, 5.41) is -0.0502. The maximum absolute atomic E-state index is 12.0. The molecule has 0 aliphatic carbocycles. The zero-order valence-corrected chi connectivity index (χ0v) is 11.3. The molecule has 0 atom stereocenters. The van der Waals surface area contributed by atoms with E-state index in [2.05, 4.69) is 9.71 Å². The number of hydrogen-bond acceptors (Lipinski definition) is 5. The Labute approximate surface area is 111 Å². The summed E-state index contributed by atoms with van der Waals surface area (Å²) in [5.41, 5.74) is 6.45. The van der Waals surface area contributed by atoms with Crippen LogP contribution in [0.4, 0.5) is 11.4 Å². The van der Waals surface area contributed by atoms with Gasteiger partial charge in [-0.2, -0.15) is 8.42 Å². The number of rotatable bonds is 4. The van der Waals surface area contributed by atoms with Gasteiger partial charge in [0.15, 0.2) is 5.03 Å². The number of nitrogens with zero attached hydrogens (tertiary/aromatic N) is 2. The number of methoxy groups -OCH3 is 1. The van der Waals surface area contributed by atoms with Gasteiger partial charge in [-0.15, -0.1) is 0 Å². The number of nitrogen functional groups attached to an aromatic ring is 1. The smallest absolute Gasteiger partial charge is 0.280 e. The van der Waals surface area contributed by atoms with Gasteiger partial charge in [-0.25, -0.2) is 4.98 Å². The highest BCUT2D eigenvalue weighted by Crippen LogP contribution is 2.26. The van der Waals surface area contributed by atoms with Gasteiger partial charge in [0.2, 0.25) is 0 Å². The van der Waals surface area contributed by atoms with Gasteiger partial charge in [0.05, 0.1) is 24.8 Å². The molecule has 1 heterocycles. The summed E-state index contributed by atoms with van der Waals surface area (Å²) in [5.74, 6) is 0.404. The van der Waals surface area contributed by atoms with Crippen molar-refractivity contribution in [3.05, 3.63) is 30.7 Å². The van der Waals surface area contributed by atoms with Crippen molar-refractivity contribution in [2.45, 2.75) is 5.03 Å². The summed E-state index contributed by atoms with van der Waals surface area (Å²) in [6.45, 7) is 0. The van der Waals surface area contributed by atoms with Crippen LogP contribution in [0.1, 0.15) is 0 Å². The number of hydrogen-bond donors (Lipinski definition) is 2. The Morgan fingerprint density at radius 2 is 2.16 bits per heavy atom. The third kappa shape index (κ3) is 2.79. The Balaban J connectivity index is 2.30. The van der Waals surface area contributed by atoms with E-state index in [9.17, 15) is 8.42 Å². The molecule has 0 saturated carbocycles. The minimum atomic E-state index is -3.71. The summed E-state index contributed by atoms with van der Waals surface area (Å²) >= 11 is 0. The number of anilines is 2. The van der Waals surface area contributed by atoms with Crippen molar-refractivity contribution in [3.8, 4) is 5.75 Å². The lowest BCUT2D eigenvalue weighted by Gasteiger charge is -2.09. The molecule has 1 aromatic carbocycles. The fraction of sp³-hybridized carbons (Fsp3) is 0.182. The molecule has 3 N–H and O–H groups in total. The quantitative estimate of drug-likeness (QED) is 0.808. The first-order chi connectivity index (χ1) is 8.92. The van der Waals surface area contributed by atoms with Gasteiger partial charge in [-0.05, 0) is 12.1 Å². The Morgan fingerprint density at radius 1 is 1.42 bits per heavy atom. The predicted octanol–water partition coefficient (Wildman–Crippen LogP) is 0.812. The number of aromatic nitrogens is 2. The third-order valence-corrected chi connectivity index (χ3v) is 3.71. The van der Waals surface area contributed by atoms with Crippen molar-refractivity contribution in [3.63, 3.8) is 0 Å². The van der Waals surface area contributed by atoms with Crippen molar-refractivity contribution in [2.24, 2.45) is 7.05 Å². The fourth-order valence-corrected chi connectivity index (χ4v) is 2.54. The molecule has 0 aliphatic rings. The van der Waals surface area contributed by atoms with Crippen LogP contribution in [-0.4, -0.2) is 25.1 Å².